The minimum atomic E-state index is -3.62. The van der Waals surface area contributed by atoms with Crippen LogP contribution >= 0.6 is 0 Å². The molecule has 0 N–H and O–H groups in total. The number of benzene rings is 1. The smallest absolute Gasteiger partial charge is 0.306 e. The van der Waals surface area contributed by atoms with E-state index >= 15 is 0 Å². The minimum absolute atomic E-state index is 0.0239. The van der Waals surface area contributed by atoms with Gasteiger partial charge in [0.2, 0.25) is 5.91 Å². The Balaban J connectivity index is 2.86. The maximum absolute atomic E-state index is 12.6. The van der Waals surface area contributed by atoms with E-state index in [9.17, 15) is 18.0 Å². The van der Waals surface area contributed by atoms with Crippen molar-refractivity contribution in [1.82, 2.24) is 4.90 Å². The minimum Gasteiger partial charge on any atom is -0.466 e. The molecule has 1 amide bonds. The second-order valence-electron chi connectivity index (χ2n) is 6.02. The number of carbonyl (C=O) groups excluding carboxylic acids is 2. The lowest BCUT2D eigenvalue weighted by Crippen LogP contribution is -2.38. The second kappa shape index (κ2) is 10.2. The summed E-state index contributed by atoms with van der Waals surface area (Å²) in [5, 5.41) is 0. The molecule has 1 atom stereocenters. The number of rotatable bonds is 10. The van der Waals surface area contributed by atoms with Crippen molar-refractivity contribution in [3.63, 3.8) is 0 Å². The number of hydrogen-bond donors (Lipinski definition) is 0. The van der Waals surface area contributed by atoms with Crippen LogP contribution in [0.1, 0.15) is 45.6 Å². The molecule has 1 aromatic carbocycles. The standard InChI is InChI=1S/C18H27NO6S/c1-5-14(3)19(17(20)10-11-18(21)24-6-2)13-15-8-7-9-16(12-15)25-26(4,22)23/h7-9,12,14H,5-6,10-11,13H2,1-4H3. The molecular formula is C18H27NO6S. The molecule has 0 aliphatic heterocycles. The van der Waals surface area contributed by atoms with Crippen LogP contribution in [0.4, 0.5) is 0 Å². The molecule has 0 aliphatic carbocycles. The third kappa shape index (κ3) is 7.86. The van der Waals surface area contributed by atoms with E-state index in [1.165, 1.54) is 0 Å². The highest BCUT2D eigenvalue weighted by molar-refractivity contribution is 7.86. The summed E-state index contributed by atoms with van der Waals surface area (Å²) in [6.07, 6.45) is 1.84. The Bertz CT molecular complexity index is 716. The molecule has 0 aromatic heterocycles. The molecule has 0 spiro atoms. The lowest BCUT2D eigenvalue weighted by atomic mass is 10.1. The lowest BCUT2D eigenvalue weighted by Gasteiger charge is -2.29. The van der Waals surface area contributed by atoms with Crippen LogP contribution in [0, 0.1) is 0 Å². The highest BCUT2D eigenvalue weighted by Crippen LogP contribution is 2.19. The van der Waals surface area contributed by atoms with Crippen LogP contribution in [0.5, 0.6) is 5.75 Å². The van der Waals surface area contributed by atoms with E-state index < -0.39 is 16.1 Å². The van der Waals surface area contributed by atoms with Crippen LogP contribution in [0.15, 0.2) is 24.3 Å². The average molecular weight is 385 g/mol. The van der Waals surface area contributed by atoms with Gasteiger partial charge >= 0.3 is 16.1 Å². The fraction of sp³-hybridized carbons (Fsp3) is 0.556. The van der Waals surface area contributed by atoms with E-state index in [0.717, 1.165) is 18.2 Å². The summed E-state index contributed by atoms with van der Waals surface area (Å²) >= 11 is 0. The van der Waals surface area contributed by atoms with Crippen molar-refractivity contribution < 1.29 is 26.9 Å². The average Bonchev–Trinajstić information content (AvgIpc) is 2.56. The molecule has 1 unspecified atom stereocenters. The molecule has 8 heteroatoms. The number of amides is 1. The second-order valence-corrected chi connectivity index (χ2v) is 7.59. The zero-order valence-electron chi connectivity index (χ0n) is 15.7. The molecule has 1 rings (SSSR count). The van der Waals surface area contributed by atoms with Crippen molar-refractivity contribution in [2.45, 2.75) is 52.6 Å². The van der Waals surface area contributed by atoms with Gasteiger partial charge in [0, 0.05) is 19.0 Å². The van der Waals surface area contributed by atoms with Crippen LogP contribution in [0.25, 0.3) is 0 Å². The molecule has 0 aliphatic rings. The van der Waals surface area contributed by atoms with Crippen molar-refractivity contribution in [3.8, 4) is 5.75 Å². The van der Waals surface area contributed by atoms with E-state index in [1.54, 1.807) is 36.1 Å². The topological polar surface area (TPSA) is 90.0 Å². The summed E-state index contributed by atoms with van der Waals surface area (Å²) in [4.78, 5) is 25.7. The molecule has 0 bridgehead atoms. The Labute approximate surface area is 155 Å². The highest BCUT2D eigenvalue weighted by atomic mass is 32.2. The SMILES string of the molecule is CCOC(=O)CCC(=O)N(Cc1cccc(OS(C)(=O)=O)c1)C(C)CC. The molecular weight excluding hydrogens is 358 g/mol. The quantitative estimate of drug-likeness (QED) is 0.454. The predicted molar refractivity (Wildman–Crippen MR) is 98.1 cm³/mol. The van der Waals surface area contributed by atoms with Crippen molar-refractivity contribution >= 4 is 22.0 Å². The van der Waals surface area contributed by atoms with E-state index in [1.807, 2.05) is 13.8 Å². The van der Waals surface area contributed by atoms with Crippen LogP contribution < -0.4 is 4.18 Å². The van der Waals surface area contributed by atoms with Gasteiger partial charge < -0.3 is 13.8 Å². The van der Waals surface area contributed by atoms with Gasteiger partial charge in [0.15, 0.2) is 0 Å². The van der Waals surface area contributed by atoms with E-state index in [2.05, 4.69) is 0 Å². The number of nitrogens with zero attached hydrogens (tertiary/aromatic N) is 1. The van der Waals surface area contributed by atoms with Gasteiger partial charge in [-0.1, -0.05) is 19.1 Å². The number of hydrogen-bond acceptors (Lipinski definition) is 6. The van der Waals surface area contributed by atoms with Crippen LogP contribution in [-0.2, 0) is 31.0 Å². The van der Waals surface area contributed by atoms with Gasteiger partial charge in [0.1, 0.15) is 5.75 Å². The van der Waals surface area contributed by atoms with Gasteiger partial charge in [0.25, 0.3) is 0 Å². The Kier molecular flexibility index (Phi) is 8.57. The molecule has 26 heavy (non-hydrogen) atoms. The number of esters is 1. The van der Waals surface area contributed by atoms with Crippen LogP contribution in [0.3, 0.4) is 0 Å². The molecule has 0 heterocycles. The highest BCUT2D eigenvalue weighted by Gasteiger charge is 2.20. The van der Waals surface area contributed by atoms with Crippen LogP contribution in [0.2, 0.25) is 0 Å². The first-order valence-corrected chi connectivity index (χ1v) is 10.4. The molecule has 1 aromatic rings. The summed E-state index contributed by atoms with van der Waals surface area (Å²) in [5.41, 5.74) is 0.746. The van der Waals surface area contributed by atoms with Gasteiger partial charge in [-0.2, -0.15) is 8.42 Å². The van der Waals surface area contributed by atoms with Crippen molar-refractivity contribution in [3.05, 3.63) is 29.8 Å². The van der Waals surface area contributed by atoms with Gasteiger partial charge in [-0.25, -0.2) is 0 Å². The van der Waals surface area contributed by atoms with E-state index in [0.29, 0.717) is 6.54 Å². The number of ether oxygens (including phenoxy) is 1. The van der Waals surface area contributed by atoms with Gasteiger partial charge in [-0.3, -0.25) is 9.59 Å². The Morgan fingerprint density at radius 2 is 1.88 bits per heavy atom. The molecule has 0 fully saturated rings. The first-order valence-electron chi connectivity index (χ1n) is 8.59. The van der Waals surface area contributed by atoms with Crippen LogP contribution in [-0.4, -0.2) is 44.1 Å². The van der Waals surface area contributed by atoms with E-state index in [-0.39, 0.29) is 37.1 Å². The molecule has 0 radical (unpaired) electrons. The van der Waals surface area contributed by atoms with E-state index in [4.69, 9.17) is 8.92 Å². The third-order valence-electron chi connectivity index (χ3n) is 3.79. The molecule has 0 saturated heterocycles. The molecule has 7 nitrogen and oxygen atoms in total. The Hall–Kier alpha value is -2.09. The zero-order valence-corrected chi connectivity index (χ0v) is 16.5. The third-order valence-corrected chi connectivity index (χ3v) is 4.29. The van der Waals surface area contributed by atoms with Gasteiger partial charge in [-0.05, 0) is 38.0 Å². The predicted octanol–water partition coefficient (Wildman–Crippen LogP) is 2.50. The van der Waals surface area contributed by atoms with Crippen molar-refractivity contribution in [2.24, 2.45) is 0 Å². The largest absolute Gasteiger partial charge is 0.466 e. The maximum Gasteiger partial charge on any atom is 0.306 e. The zero-order chi connectivity index (χ0) is 19.7. The van der Waals surface area contributed by atoms with Gasteiger partial charge in [0.05, 0.1) is 19.3 Å². The van der Waals surface area contributed by atoms with Crippen molar-refractivity contribution in [2.75, 3.05) is 12.9 Å². The summed E-state index contributed by atoms with van der Waals surface area (Å²) in [7, 11) is -3.62. The summed E-state index contributed by atoms with van der Waals surface area (Å²) in [6.45, 7) is 6.21. The lowest BCUT2D eigenvalue weighted by molar-refractivity contribution is -0.146. The molecule has 0 saturated carbocycles. The molecule has 146 valence electrons. The monoisotopic (exact) mass is 385 g/mol. The first-order chi connectivity index (χ1) is 12.2. The normalized spacial score (nSPS) is 12.3. The fourth-order valence-corrected chi connectivity index (χ4v) is 2.82. The maximum atomic E-state index is 12.6. The Morgan fingerprint density at radius 3 is 2.46 bits per heavy atom. The summed E-state index contributed by atoms with van der Waals surface area (Å²) in [5.74, 6) is -0.344. The van der Waals surface area contributed by atoms with Crippen molar-refractivity contribution in [1.29, 1.82) is 0 Å². The van der Waals surface area contributed by atoms with Gasteiger partial charge in [-0.15, -0.1) is 0 Å². The summed E-state index contributed by atoms with van der Waals surface area (Å²) in [6, 6.07) is 6.58. The fourth-order valence-electron chi connectivity index (χ4n) is 2.36. The summed E-state index contributed by atoms with van der Waals surface area (Å²) < 4.78 is 32.3. The number of carbonyl (C=O) groups is 2. The first kappa shape index (κ1) is 22.0. The Morgan fingerprint density at radius 1 is 1.19 bits per heavy atom.